The molecule has 0 unspecified atom stereocenters. The van der Waals surface area contributed by atoms with Crippen molar-refractivity contribution in [2.45, 2.75) is 34.6 Å². The first-order valence-electron chi connectivity index (χ1n) is 7.16. The van der Waals surface area contributed by atoms with E-state index in [0.717, 1.165) is 47.7 Å². The van der Waals surface area contributed by atoms with Gasteiger partial charge < -0.3 is 47.8 Å². The molecule has 0 aromatic carbocycles. The molecule has 0 aliphatic carbocycles. The minimum Gasteiger partial charge on any atom is -0.870 e. The van der Waals surface area contributed by atoms with Gasteiger partial charge in [0.1, 0.15) is 0 Å². The SMILES string of the molecule is CC(=O)O.CC(=O)O.CC(=O)O.CC(=O)O.CC(=O)O.NCCNCCN.[K+].[OH-]. The third kappa shape index (κ3) is 2070. The summed E-state index contributed by atoms with van der Waals surface area (Å²) in [6.45, 7) is 8.55. The Hall–Kier alpha value is -1.17. The molecule has 0 aliphatic heterocycles. The summed E-state index contributed by atoms with van der Waals surface area (Å²) in [4.78, 5) is 45.0. The van der Waals surface area contributed by atoms with Gasteiger partial charge in [0.25, 0.3) is 29.8 Å². The van der Waals surface area contributed by atoms with E-state index in [4.69, 9.17) is 61.0 Å². The summed E-state index contributed by atoms with van der Waals surface area (Å²) in [5, 5.41) is 40.1. The van der Waals surface area contributed by atoms with Gasteiger partial charge in [0.05, 0.1) is 0 Å². The number of nitrogens with two attached hydrogens (primary N) is 2. The monoisotopic (exact) mass is 459 g/mol. The van der Waals surface area contributed by atoms with Crippen molar-refractivity contribution in [2.75, 3.05) is 26.2 Å². The van der Waals surface area contributed by atoms with Gasteiger partial charge in [-0.3, -0.25) is 24.0 Å². The van der Waals surface area contributed by atoms with Gasteiger partial charge in [-0.2, -0.15) is 0 Å². The third-order valence-electron chi connectivity index (χ3n) is 0.642. The topological polar surface area (TPSA) is 281 Å². The number of carboxylic acid groups (broad SMARTS) is 5. The normalized spacial score (nSPS) is 6.59. The Labute approximate surface area is 212 Å². The van der Waals surface area contributed by atoms with Crippen LogP contribution in [0.4, 0.5) is 0 Å². The average molecular weight is 460 g/mol. The van der Waals surface area contributed by atoms with E-state index >= 15 is 0 Å². The molecule has 0 aromatic heterocycles. The molecular formula is C14H34KN3O11. The van der Waals surface area contributed by atoms with Gasteiger partial charge in [0.2, 0.25) is 0 Å². The molecule has 15 heteroatoms. The molecule has 0 saturated heterocycles. The molecule has 0 bridgehead atoms. The Balaban J connectivity index is -0.0000000305. The van der Waals surface area contributed by atoms with Crippen LogP contribution in [0.25, 0.3) is 0 Å². The van der Waals surface area contributed by atoms with E-state index in [1.54, 1.807) is 0 Å². The van der Waals surface area contributed by atoms with E-state index in [1.165, 1.54) is 0 Å². The van der Waals surface area contributed by atoms with Crippen molar-refractivity contribution in [3.8, 4) is 0 Å². The number of aliphatic carboxylic acids is 5. The zero-order valence-electron chi connectivity index (χ0n) is 17.7. The number of hydrogen-bond acceptors (Lipinski definition) is 9. The summed E-state index contributed by atoms with van der Waals surface area (Å²) in [6.07, 6.45) is 0. The molecule has 0 saturated carbocycles. The second kappa shape index (κ2) is 50.5. The molecule has 0 aromatic rings. The van der Waals surface area contributed by atoms with Crippen LogP contribution in [0.2, 0.25) is 0 Å². The van der Waals surface area contributed by atoms with E-state index < -0.39 is 29.8 Å². The van der Waals surface area contributed by atoms with Crippen LogP contribution in [0.1, 0.15) is 34.6 Å². The summed E-state index contributed by atoms with van der Waals surface area (Å²) < 4.78 is 0. The standard InChI is InChI=1S/C4H13N3.5C2H4O2.K.H2O/c5-1-3-7-4-2-6;5*1-2(3)4;;/h7H,1-6H2;5*1H3,(H,3,4);;1H2/q;;;;;;+1;/p-1. The van der Waals surface area contributed by atoms with Crippen LogP contribution >= 0.6 is 0 Å². The number of carboxylic acids is 5. The van der Waals surface area contributed by atoms with Gasteiger partial charge >= 0.3 is 51.4 Å². The van der Waals surface area contributed by atoms with Crippen molar-refractivity contribution in [3.63, 3.8) is 0 Å². The van der Waals surface area contributed by atoms with Gasteiger partial charge in [-0.1, -0.05) is 0 Å². The van der Waals surface area contributed by atoms with Crippen LogP contribution < -0.4 is 68.2 Å². The molecule has 0 radical (unpaired) electrons. The van der Waals surface area contributed by atoms with Crippen molar-refractivity contribution in [1.82, 2.24) is 5.32 Å². The predicted octanol–water partition coefficient (Wildman–Crippen LogP) is -4.22. The van der Waals surface area contributed by atoms with E-state index in [-0.39, 0.29) is 56.9 Å². The van der Waals surface area contributed by atoms with Gasteiger partial charge in [-0.25, -0.2) is 0 Å². The zero-order valence-corrected chi connectivity index (χ0v) is 20.8. The molecule has 0 atom stereocenters. The predicted molar refractivity (Wildman–Crippen MR) is 99.5 cm³/mol. The van der Waals surface area contributed by atoms with Crippen molar-refractivity contribution in [1.29, 1.82) is 0 Å². The van der Waals surface area contributed by atoms with Crippen LogP contribution in [0.15, 0.2) is 0 Å². The maximum Gasteiger partial charge on any atom is 1.00 e. The molecule has 0 fully saturated rings. The van der Waals surface area contributed by atoms with Gasteiger partial charge in [-0.15, -0.1) is 0 Å². The average Bonchev–Trinajstić information content (AvgIpc) is 2.35. The maximum atomic E-state index is 9.00. The van der Waals surface area contributed by atoms with Crippen molar-refractivity contribution in [2.24, 2.45) is 11.5 Å². The quantitative estimate of drug-likeness (QED) is 0.146. The molecular weight excluding hydrogens is 425 g/mol. The van der Waals surface area contributed by atoms with Crippen molar-refractivity contribution < 1.29 is 106 Å². The smallest absolute Gasteiger partial charge is 0.870 e. The second-order valence-corrected chi connectivity index (χ2v) is 3.92. The largest absolute Gasteiger partial charge is 1.00 e. The molecule has 0 aliphatic rings. The summed E-state index contributed by atoms with van der Waals surface area (Å²) >= 11 is 0. The fourth-order valence-electron chi connectivity index (χ4n) is 0.329. The molecule has 0 heterocycles. The van der Waals surface area contributed by atoms with E-state index in [1.807, 2.05) is 0 Å². The van der Waals surface area contributed by atoms with Crippen molar-refractivity contribution >= 4 is 29.8 Å². The van der Waals surface area contributed by atoms with Crippen LogP contribution in [0.5, 0.6) is 0 Å². The van der Waals surface area contributed by atoms with Crippen LogP contribution in [-0.4, -0.2) is 87.0 Å². The number of hydrogen-bond donors (Lipinski definition) is 8. The van der Waals surface area contributed by atoms with Gasteiger partial charge in [0.15, 0.2) is 0 Å². The molecule has 0 amide bonds. The first-order valence-corrected chi connectivity index (χ1v) is 7.16. The van der Waals surface area contributed by atoms with Gasteiger partial charge in [0, 0.05) is 60.8 Å². The summed E-state index contributed by atoms with van der Waals surface area (Å²) in [5.41, 5.74) is 10.3. The van der Waals surface area contributed by atoms with E-state index in [2.05, 4.69) is 5.32 Å². The fraction of sp³-hybridized carbons (Fsp3) is 0.643. The number of rotatable bonds is 4. The molecule has 29 heavy (non-hydrogen) atoms. The van der Waals surface area contributed by atoms with E-state index in [0.29, 0.717) is 13.1 Å². The molecule has 0 rings (SSSR count). The third-order valence-corrected chi connectivity index (χ3v) is 0.642. The Bertz CT molecular complexity index is 290. The minimum atomic E-state index is -0.833. The Morgan fingerprint density at radius 3 is 0.759 bits per heavy atom. The molecule has 172 valence electrons. The minimum absolute atomic E-state index is 0. The Morgan fingerprint density at radius 1 is 0.586 bits per heavy atom. The Kier molecular flexibility index (Phi) is 88.7. The fourth-order valence-corrected chi connectivity index (χ4v) is 0.329. The maximum absolute atomic E-state index is 9.00. The summed E-state index contributed by atoms with van der Waals surface area (Å²) in [5.74, 6) is -4.17. The Morgan fingerprint density at radius 2 is 0.690 bits per heavy atom. The molecule has 11 N–H and O–H groups in total. The van der Waals surface area contributed by atoms with Crippen molar-refractivity contribution in [3.05, 3.63) is 0 Å². The van der Waals surface area contributed by atoms with E-state index in [9.17, 15) is 0 Å². The molecule has 14 nitrogen and oxygen atoms in total. The zero-order chi connectivity index (χ0) is 23.4. The first-order chi connectivity index (χ1) is 12.1. The molecule has 0 spiro atoms. The van der Waals surface area contributed by atoms with Crippen LogP contribution in [0.3, 0.4) is 0 Å². The first kappa shape index (κ1) is 50.9. The number of nitrogens with one attached hydrogen (secondary N) is 1. The van der Waals surface area contributed by atoms with Crippen LogP contribution in [0, 0.1) is 0 Å². The second-order valence-electron chi connectivity index (χ2n) is 3.92. The summed E-state index contributed by atoms with van der Waals surface area (Å²) in [6, 6.07) is 0. The van der Waals surface area contributed by atoms with Crippen LogP contribution in [-0.2, 0) is 24.0 Å². The number of carbonyl (C=O) groups is 5. The summed E-state index contributed by atoms with van der Waals surface area (Å²) in [7, 11) is 0. The van der Waals surface area contributed by atoms with Gasteiger partial charge in [-0.05, 0) is 0 Å².